The Bertz CT molecular complexity index is 801. The second-order valence-corrected chi connectivity index (χ2v) is 10.1. The van der Waals surface area contributed by atoms with Crippen LogP contribution >= 0.6 is 0 Å². The van der Waals surface area contributed by atoms with Crippen molar-refractivity contribution < 1.29 is 9.13 Å². The molecule has 0 radical (unpaired) electrons. The molecule has 1 unspecified atom stereocenters. The molecule has 2 aromatic rings. The summed E-state index contributed by atoms with van der Waals surface area (Å²) in [5.41, 5.74) is 2.66. The molecule has 168 valence electrons. The maximum absolute atomic E-state index is 14.3. The molecule has 2 aromatic carbocycles. The highest BCUT2D eigenvalue weighted by atomic mass is 19.1. The molecule has 0 amide bonds. The van der Waals surface area contributed by atoms with E-state index in [1.807, 2.05) is 13.0 Å². The zero-order chi connectivity index (χ0) is 21.6. The predicted molar refractivity (Wildman–Crippen MR) is 127 cm³/mol. The highest BCUT2D eigenvalue weighted by Crippen LogP contribution is 2.45. The van der Waals surface area contributed by atoms with Crippen LogP contribution in [-0.2, 0) is 0 Å². The molecule has 2 fully saturated rings. The predicted octanol–water partition coefficient (Wildman–Crippen LogP) is 8.50. The first-order valence-electron chi connectivity index (χ1n) is 12.6. The average molecular weight is 423 g/mol. The van der Waals surface area contributed by atoms with Gasteiger partial charge in [-0.2, -0.15) is 0 Å². The molecule has 2 heteroatoms. The molecule has 2 saturated carbocycles. The number of benzene rings is 2. The van der Waals surface area contributed by atoms with Crippen LogP contribution in [0.3, 0.4) is 0 Å². The van der Waals surface area contributed by atoms with Gasteiger partial charge in [0.1, 0.15) is 0 Å². The van der Waals surface area contributed by atoms with Crippen molar-refractivity contribution in [2.45, 2.75) is 83.5 Å². The summed E-state index contributed by atoms with van der Waals surface area (Å²) in [6.07, 6.45) is 12.0. The molecule has 2 aliphatic rings. The highest BCUT2D eigenvalue weighted by Gasteiger charge is 2.32. The standard InChI is InChI=1S/C29H39FO/c1-3-31-29-18-17-27(20-28(29)30)26-15-13-25(14-16-26)24-11-9-22(10-12-24)19-21(2)23-7-5-4-6-8-23/h4-8,17-18,20-22,24-26H,3,9-16,19H2,1-2H3. The fourth-order valence-electron chi connectivity index (χ4n) is 6.28. The highest BCUT2D eigenvalue weighted by molar-refractivity contribution is 5.31. The lowest BCUT2D eigenvalue weighted by Gasteiger charge is -2.38. The average Bonchev–Trinajstić information content (AvgIpc) is 2.82. The van der Waals surface area contributed by atoms with Crippen LogP contribution in [0.1, 0.15) is 94.6 Å². The number of hydrogen-bond acceptors (Lipinski definition) is 1. The van der Waals surface area contributed by atoms with Crippen molar-refractivity contribution in [2.24, 2.45) is 17.8 Å². The summed E-state index contributed by atoms with van der Waals surface area (Å²) in [7, 11) is 0. The van der Waals surface area contributed by atoms with Gasteiger partial charge in [0.25, 0.3) is 0 Å². The van der Waals surface area contributed by atoms with Crippen LogP contribution in [0.5, 0.6) is 5.75 Å². The van der Waals surface area contributed by atoms with Gasteiger partial charge in [0, 0.05) is 0 Å². The first-order valence-corrected chi connectivity index (χ1v) is 12.6. The molecule has 1 nitrogen and oxygen atoms in total. The molecule has 0 saturated heterocycles. The molecule has 0 spiro atoms. The van der Waals surface area contributed by atoms with Crippen LogP contribution in [0, 0.1) is 23.6 Å². The summed E-state index contributed by atoms with van der Waals surface area (Å²) < 4.78 is 19.6. The Balaban J connectivity index is 1.23. The quantitative estimate of drug-likeness (QED) is 0.434. The van der Waals surface area contributed by atoms with E-state index in [2.05, 4.69) is 43.3 Å². The largest absolute Gasteiger partial charge is 0.491 e. The molecular weight excluding hydrogens is 383 g/mol. The summed E-state index contributed by atoms with van der Waals surface area (Å²) in [6.45, 7) is 4.80. The van der Waals surface area contributed by atoms with E-state index in [0.717, 1.165) is 23.3 Å². The SMILES string of the molecule is CCOc1ccc(C2CCC(C3CCC(CC(C)c4ccccc4)CC3)CC2)cc1F. The van der Waals surface area contributed by atoms with Crippen LogP contribution in [0.25, 0.3) is 0 Å². The minimum atomic E-state index is -0.204. The van der Waals surface area contributed by atoms with Gasteiger partial charge < -0.3 is 4.74 Å². The fourth-order valence-corrected chi connectivity index (χ4v) is 6.28. The fraction of sp³-hybridized carbons (Fsp3) is 0.586. The zero-order valence-corrected chi connectivity index (χ0v) is 19.4. The van der Waals surface area contributed by atoms with Gasteiger partial charge in [-0.1, -0.05) is 56.2 Å². The second-order valence-electron chi connectivity index (χ2n) is 10.1. The Hall–Kier alpha value is -1.83. The molecule has 0 bridgehead atoms. The first-order chi connectivity index (χ1) is 15.1. The number of halogens is 1. The first kappa shape index (κ1) is 22.4. The zero-order valence-electron chi connectivity index (χ0n) is 19.4. The number of ether oxygens (including phenoxy) is 1. The van der Waals surface area contributed by atoms with Crippen molar-refractivity contribution in [3.63, 3.8) is 0 Å². The third-order valence-electron chi connectivity index (χ3n) is 8.11. The smallest absolute Gasteiger partial charge is 0.165 e. The molecule has 1 atom stereocenters. The summed E-state index contributed by atoms with van der Waals surface area (Å²) in [4.78, 5) is 0. The van der Waals surface area contributed by atoms with Gasteiger partial charge >= 0.3 is 0 Å². The van der Waals surface area contributed by atoms with Crippen LogP contribution in [0.4, 0.5) is 4.39 Å². The lowest BCUT2D eigenvalue weighted by Crippen LogP contribution is -2.25. The Labute approximate surface area is 188 Å². The van der Waals surface area contributed by atoms with E-state index in [4.69, 9.17) is 4.74 Å². The Morgan fingerprint density at radius 2 is 1.52 bits per heavy atom. The molecular formula is C29H39FO. The number of rotatable bonds is 7. The minimum absolute atomic E-state index is 0.204. The van der Waals surface area contributed by atoms with Crippen molar-refractivity contribution in [1.82, 2.24) is 0 Å². The molecule has 31 heavy (non-hydrogen) atoms. The van der Waals surface area contributed by atoms with E-state index >= 15 is 0 Å². The second kappa shape index (κ2) is 10.7. The molecule has 0 aliphatic heterocycles. The molecule has 4 rings (SSSR count). The van der Waals surface area contributed by atoms with E-state index in [9.17, 15) is 4.39 Å². The third kappa shape index (κ3) is 5.70. The van der Waals surface area contributed by atoms with Crippen molar-refractivity contribution in [1.29, 1.82) is 0 Å². The Morgan fingerprint density at radius 3 is 2.13 bits per heavy atom. The van der Waals surface area contributed by atoms with E-state index < -0.39 is 0 Å². The maximum atomic E-state index is 14.3. The van der Waals surface area contributed by atoms with Crippen molar-refractivity contribution in [3.8, 4) is 5.75 Å². The van der Waals surface area contributed by atoms with Gasteiger partial charge in [-0.05, 0) is 105 Å². The molecule has 0 N–H and O–H groups in total. The lowest BCUT2D eigenvalue weighted by molar-refractivity contribution is 0.154. The summed E-state index contributed by atoms with van der Waals surface area (Å²) in [5, 5.41) is 0. The van der Waals surface area contributed by atoms with E-state index in [1.54, 1.807) is 6.07 Å². The molecule has 0 aromatic heterocycles. The van der Waals surface area contributed by atoms with E-state index in [0.29, 0.717) is 24.2 Å². The lowest BCUT2D eigenvalue weighted by atomic mass is 9.67. The van der Waals surface area contributed by atoms with Crippen molar-refractivity contribution in [2.75, 3.05) is 6.61 Å². The normalized spacial score (nSPS) is 27.6. The Morgan fingerprint density at radius 1 is 0.871 bits per heavy atom. The van der Waals surface area contributed by atoms with Gasteiger partial charge in [0.15, 0.2) is 11.6 Å². The van der Waals surface area contributed by atoms with Gasteiger partial charge in [0.2, 0.25) is 0 Å². The summed E-state index contributed by atoms with van der Waals surface area (Å²) >= 11 is 0. The molecule has 0 heterocycles. The molecule has 2 aliphatic carbocycles. The van der Waals surface area contributed by atoms with Crippen molar-refractivity contribution in [3.05, 3.63) is 65.5 Å². The monoisotopic (exact) mass is 422 g/mol. The van der Waals surface area contributed by atoms with Gasteiger partial charge in [0.05, 0.1) is 6.61 Å². The Kier molecular flexibility index (Phi) is 7.69. The number of hydrogen-bond donors (Lipinski definition) is 0. The van der Waals surface area contributed by atoms with Crippen LogP contribution in [0.15, 0.2) is 48.5 Å². The maximum Gasteiger partial charge on any atom is 0.165 e. The van der Waals surface area contributed by atoms with Crippen LogP contribution in [0.2, 0.25) is 0 Å². The third-order valence-corrected chi connectivity index (χ3v) is 8.11. The topological polar surface area (TPSA) is 9.23 Å². The summed E-state index contributed by atoms with van der Waals surface area (Å²) in [5.74, 6) is 4.08. The van der Waals surface area contributed by atoms with E-state index in [1.165, 1.54) is 63.4 Å². The van der Waals surface area contributed by atoms with Crippen molar-refractivity contribution >= 4 is 0 Å². The van der Waals surface area contributed by atoms with Crippen LogP contribution in [-0.4, -0.2) is 6.61 Å². The van der Waals surface area contributed by atoms with Crippen LogP contribution < -0.4 is 4.74 Å². The summed E-state index contributed by atoms with van der Waals surface area (Å²) in [6, 6.07) is 16.6. The van der Waals surface area contributed by atoms with E-state index in [-0.39, 0.29) is 5.82 Å². The van der Waals surface area contributed by atoms with Gasteiger partial charge in [-0.25, -0.2) is 4.39 Å². The van der Waals surface area contributed by atoms with Gasteiger partial charge in [-0.3, -0.25) is 0 Å². The van der Waals surface area contributed by atoms with Gasteiger partial charge in [-0.15, -0.1) is 0 Å². The minimum Gasteiger partial charge on any atom is -0.491 e.